The van der Waals surface area contributed by atoms with E-state index in [1.807, 2.05) is 6.92 Å². The number of hydrogen-bond donors (Lipinski definition) is 1. The predicted molar refractivity (Wildman–Crippen MR) is 87.0 cm³/mol. The number of aryl methyl sites for hydroxylation is 1. The minimum Gasteiger partial charge on any atom is -0.326 e. The van der Waals surface area contributed by atoms with Gasteiger partial charge < -0.3 is 5.73 Å². The third-order valence-corrected chi connectivity index (χ3v) is 7.57. The van der Waals surface area contributed by atoms with Crippen LogP contribution in [0.15, 0.2) is 10.3 Å². The number of nitrogens with two attached hydrogens (primary N) is 1. The summed E-state index contributed by atoms with van der Waals surface area (Å²) in [6.45, 7) is 11.4. The number of rotatable bonds is 3. The van der Waals surface area contributed by atoms with Crippen molar-refractivity contribution in [2.75, 3.05) is 26.2 Å². The van der Waals surface area contributed by atoms with Crippen molar-refractivity contribution in [1.29, 1.82) is 0 Å². The monoisotopic (exact) mass is 331 g/mol. The smallest absolute Gasteiger partial charge is 0.252 e. The number of hydrogen-bond acceptors (Lipinski definition) is 5. The first kappa shape index (κ1) is 16.9. The molecule has 0 radical (unpaired) electrons. The van der Waals surface area contributed by atoms with Gasteiger partial charge in [-0.2, -0.15) is 4.31 Å². The maximum Gasteiger partial charge on any atom is 0.252 e. The van der Waals surface area contributed by atoms with Gasteiger partial charge in [-0.15, -0.1) is 11.3 Å². The molecule has 0 spiro atoms. The van der Waals surface area contributed by atoms with E-state index in [9.17, 15) is 8.42 Å². The fourth-order valence-electron chi connectivity index (χ4n) is 2.54. The molecule has 0 aromatic carbocycles. The van der Waals surface area contributed by atoms with Gasteiger partial charge in [0.25, 0.3) is 10.0 Å². The van der Waals surface area contributed by atoms with E-state index < -0.39 is 10.0 Å². The third-order valence-electron chi connectivity index (χ3n) is 3.96. The minimum atomic E-state index is -3.37. The molecule has 120 valence electrons. The Morgan fingerprint density at radius 2 is 1.81 bits per heavy atom. The van der Waals surface area contributed by atoms with Gasteiger partial charge in [0.2, 0.25) is 0 Å². The molecule has 0 aliphatic carbocycles. The van der Waals surface area contributed by atoms with Crippen molar-refractivity contribution in [2.24, 2.45) is 5.73 Å². The maximum absolute atomic E-state index is 12.7. The molecule has 1 aliphatic heterocycles. The largest absolute Gasteiger partial charge is 0.326 e. The van der Waals surface area contributed by atoms with E-state index >= 15 is 0 Å². The van der Waals surface area contributed by atoms with E-state index in [1.54, 1.807) is 10.4 Å². The fourth-order valence-corrected chi connectivity index (χ4v) is 5.59. The summed E-state index contributed by atoms with van der Waals surface area (Å²) in [6, 6.07) is 1.75. The molecule has 1 aromatic heterocycles. The molecule has 2 rings (SSSR count). The molecule has 1 saturated heterocycles. The fraction of sp³-hybridized carbons (Fsp3) is 0.714. The Labute approximate surface area is 131 Å². The van der Waals surface area contributed by atoms with Crippen molar-refractivity contribution in [3.05, 3.63) is 16.5 Å². The second-order valence-electron chi connectivity index (χ2n) is 6.44. The SMILES string of the molecule is Cc1cc(S(=O)(=O)N2CCN(C(C)(C)C)CC2)sc1CN. The molecule has 0 amide bonds. The lowest BCUT2D eigenvalue weighted by Crippen LogP contribution is -2.54. The third kappa shape index (κ3) is 3.48. The van der Waals surface area contributed by atoms with Gasteiger partial charge in [0, 0.05) is 43.1 Å². The van der Waals surface area contributed by atoms with Gasteiger partial charge in [0.15, 0.2) is 0 Å². The lowest BCUT2D eigenvalue weighted by Gasteiger charge is -2.41. The number of piperazine rings is 1. The van der Waals surface area contributed by atoms with E-state index in [-0.39, 0.29) is 5.54 Å². The summed E-state index contributed by atoms with van der Waals surface area (Å²) in [4.78, 5) is 3.27. The summed E-state index contributed by atoms with van der Waals surface area (Å²) in [6.07, 6.45) is 0. The van der Waals surface area contributed by atoms with Crippen LogP contribution in [-0.4, -0.2) is 49.3 Å². The molecular weight excluding hydrogens is 306 g/mol. The van der Waals surface area contributed by atoms with Crippen LogP contribution in [0.25, 0.3) is 0 Å². The van der Waals surface area contributed by atoms with Gasteiger partial charge in [-0.25, -0.2) is 8.42 Å². The second-order valence-corrected chi connectivity index (χ2v) is 9.74. The maximum atomic E-state index is 12.7. The first-order valence-electron chi connectivity index (χ1n) is 7.21. The highest BCUT2D eigenvalue weighted by molar-refractivity contribution is 7.91. The van der Waals surface area contributed by atoms with Crippen LogP contribution in [0.3, 0.4) is 0 Å². The quantitative estimate of drug-likeness (QED) is 0.914. The van der Waals surface area contributed by atoms with Crippen LogP contribution in [0, 0.1) is 6.92 Å². The van der Waals surface area contributed by atoms with Crippen LogP contribution in [0.2, 0.25) is 0 Å². The number of nitrogens with zero attached hydrogens (tertiary/aromatic N) is 2. The van der Waals surface area contributed by atoms with Crippen molar-refractivity contribution < 1.29 is 8.42 Å². The van der Waals surface area contributed by atoms with E-state index in [1.165, 1.54) is 11.3 Å². The van der Waals surface area contributed by atoms with Crippen molar-refractivity contribution in [3.8, 4) is 0 Å². The van der Waals surface area contributed by atoms with Crippen LogP contribution in [0.4, 0.5) is 0 Å². The molecule has 1 aliphatic rings. The van der Waals surface area contributed by atoms with Gasteiger partial charge in [0.05, 0.1) is 0 Å². The first-order valence-corrected chi connectivity index (χ1v) is 9.46. The number of sulfonamides is 1. The van der Waals surface area contributed by atoms with Crippen LogP contribution in [0.1, 0.15) is 31.2 Å². The van der Waals surface area contributed by atoms with Gasteiger partial charge in [-0.05, 0) is 39.3 Å². The molecule has 2 heterocycles. The normalized spacial score (nSPS) is 19.1. The highest BCUT2D eigenvalue weighted by Crippen LogP contribution is 2.29. The molecule has 0 atom stereocenters. The average molecular weight is 332 g/mol. The molecular formula is C14H25N3O2S2. The van der Waals surface area contributed by atoms with E-state index in [0.717, 1.165) is 23.5 Å². The summed E-state index contributed by atoms with van der Waals surface area (Å²) < 4.78 is 27.4. The molecule has 2 N–H and O–H groups in total. The zero-order chi connectivity index (χ0) is 15.8. The molecule has 21 heavy (non-hydrogen) atoms. The lowest BCUT2D eigenvalue weighted by atomic mass is 10.1. The number of thiophene rings is 1. The minimum absolute atomic E-state index is 0.0854. The average Bonchev–Trinajstić information content (AvgIpc) is 2.80. The Kier molecular flexibility index (Phi) is 4.80. The van der Waals surface area contributed by atoms with Crippen LogP contribution >= 0.6 is 11.3 Å². The molecule has 1 fully saturated rings. The second kappa shape index (κ2) is 5.96. The van der Waals surface area contributed by atoms with E-state index in [0.29, 0.717) is 23.8 Å². The zero-order valence-electron chi connectivity index (χ0n) is 13.2. The summed E-state index contributed by atoms with van der Waals surface area (Å²) in [5.74, 6) is 0. The van der Waals surface area contributed by atoms with Gasteiger partial charge in [-0.3, -0.25) is 4.90 Å². The summed E-state index contributed by atoms with van der Waals surface area (Å²) in [5, 5.41) is 0. The van der Waals surface area contributed by atoms with Crippen molar-refractivity contribution in [3.63, 3.8) is 0 Å². The molecule has 0 saturated carbocycles. The highest BCUT2D eigenvalue weighted by Gasteiger charge is 2.33. The van der Waals surface area contributed by atoms with Gasteiger partial charge in [-0.1, -0.05) is 0 Å². The molecule has 1 aromatic rings. The Balaban J connectivity index is 2.15. The van der Waals surface area contributed by atoms with E-state index in [2.05, 4.69) is 25.7 Å². The molecule has 7 heteroatoms. The standard InChI is InChI=1S/C14H25N3O2S2/c1-11-9-13(20-12(11)10-15)21(18,19)17-7-5-16(6-8-17)14(2,3)4/h9H,5-8,10,15H2,1-4H3. The summed E-state index contributed by atoms with van der Waals surface area (Å²) >= 11 is 1.30. The van der Waals surface area contributed by atoms with E-state index in [4.69, 9.17) is 5.73 Å². The Morgan fingerprint density at radius 3 is 2.24 bits per heavy atom. The predicted octanol–water partition coefficient (Wildman–Crippen LogP) is 1.62. The molecule has 5 nitrogen and oxygen atoms in total. The van der Waals surface area contributed by atoms with Crippen molar-refractivity contribution in [1.82, 2.24) is 9.21 Å². The van der Waals surface area contributed by atoms with Crippen molar-refractivity contribution in [2.45, 2.75) is 44.0 Å². The highest BCUT2D eigenvalue weighted by atomic mass is 32.2. The van der Waals surface area contributed by atoms with Crippen LogP contribution in [0.5, 0.6) is 0 Å². The van der Waals surface area contributed by atoms with Crippen LogP contribution in [-0.2, 0) is 16.6 Å². The lowest BCUT2D eigenvalue weighted by molar-refractivity contribution is 0.0922. The zero-order valence-corrected chi connectivity index (χ0v) is 14.9. The van der Waals surface area contributed by atoms with Gasteiger partial charge >= 0.3 is 0 Å². The summed E-state index contributed by atoms with van der Waals surface area (Å²) in [7, 11) is -3.37. The molecule has 0 bridgehead atoms. The first-order chi connectivity index (χ1) is 9.66. The van der Waals surface area contributed by atoms with Crippen molar-refractivity contribution >= 4 is 21.4 Å². The Morgan fingerprint density at radius 1 is 1.24 bits per heavy atom. The Bertz CT molecular complexity index is 594. The topological polar surface area (TPSA) is 66.6 Å². The van der Waals surface area contributed by atoms with Crippen LogP contribution < -0.4 is 5.73 Å². The molecule has 0 unspecified atom stereocenters. The van der Waals surface area contributed by atoms with Gasteiger partial charge in [0.1, 0.15) is 4.21 Å². The summed E-state index contributed by atoms with van der Waals surface area (Å²) in [5.41, 5.74) is 6.70. The Hall–Kier alpha value is -0.470.